The molecule has 0 fully saturated rings. The molecule has 0 saturated heterocycles. The number of halogens is 6. The van der Waals surface area contributed by atoms with E-state index in [4.69, 9.17) is 4.43 Å². The Morgan fingerprint density at radius 1 is 0.800 bits per heavy atom. The van der Waals surface area contributed by atoms with E-state index in [2.05, 4.69) is 41.8 Å². The van der Waals surface area contributed by atoms with Gasteiger partial charge in [0.05, 0.1) is 27.2 Å². The summed E-state index contributed by atoms with van der Waals surface area (Å²) >= 11 is 0. The summed E-state index contributed by atoms with van der Waals surface area (Å²) in [6.45, 7) is 12.4. The number of hydrogen-bond acceptors (Lipinski definition) is 5. The first-order chi connectivity index (χ1) is 13.2. The predicted molar refractivity (Wildman–Crippen MR) is 104 cm³/mol. The van der Waals surface area contributed by atoms with Crippen molar-refractivity contribution in [3.8, 4) is 0 Å². The quantitative estimate of drug-likeness (QED) is 0.249. The molecule has 0 bridgehead atoms. The highest BCUT2D eigenvalue weighted by Crippen LogP contribution is 2.36. The Labute approximate surface area is 175 Å². The lowest BCUT2D eigenvalue weighted by Crippen LogP contribution is -2.45. The minimum atomic E-state index is -6.72. The molecule has 0 atom stereocenters. The van der Waals surface area contributed by atoms with Crippen LogP contribution < -0.4 is 0 Å². The molecular formula is C14H30F6N2O5S2Si. The van der Waals surface area contributed by atoms with Gasteiger partial charge < -0.3 is 13.0 Å². The summed E-state index contributed by atoms with van der Waals surface area (Å²) in [4.78, 5) is 0. The number of sulfonamides is 2. The molecule has 0 radical (unpaired) electrons. The highest BCUT2D eigenvalue weighted by Gasteiger charge is 2.46. The second kappa shape index (κ2) is 11.4. The summed E-state index contributed by atoms with van der Waals surface area (Å²) in [5.41, 5.74) is -12.4. The maximum absolute atomic E-state index is 11.4. The van der Waals surface area contributed by atoms with Crippen molar-refractivity contribution in [1.82, 2.24) is 0 Å². The Bertz CT molecular complexity index is 670. The summed E-state index contributed by atoms with van der Waals surface area (Å²) in [7, 11) is -10.2. The lowest BCUT2D eigenvalue weighted by molar-refractivity contribution is -0.888. The minimum Gasteiger partial charge on any atom is -0.421 e. The second-order valence-electron chi connectivity index (χ2n) is 6.98. The molecule has 0 aliphatic carbocycles. The Balaban J connectivity index is 0. The van der Waals surface area contributed by atoms with Crippen LogP contribution in [0.5, 0.6) is 0 Å². The van der Waals surface area contributed by atoms with Crippen LogP contribution in [0.1, 0.15) is 27.7 Å². The van der Waals surface area contributed by atoms with Gasteiger partial charge in [0.2, 0.25) is 0 Å². The lowest BCUT2D eigenvalue weighted by Gasteiger charge is -2.32. The van der Waals surface area contributed by atoms with Gasteiger partial charge in [-0.3, -0.25) is 0 Å². The van der Waals surface area contributed by atoms with Crippen molar-refractivity contribution >= 4 is 28.4 Å². The molecular weight excluding hydrogens is 482 g/mol. The van der Waals surface area contributed by atoms with Crippen molar-refractivity contribution in [1.29, 1.82) is 0 Å². The van der Waals surface area contributed by atoms with Crippen molar-refractivity contribution in [2.24, 2.45) is 0 Å². The summed E-state index contributed by atoms with van der Waals surface area (Å²) < 4.78 is 116. The molecule has 16 heteroatoms. The molecule has 184 valence electrons. The van der Waals surface area contributed by atoms with Crippen LogP contribution >= 0.6 is 0 Å². The number of nitrogens with zero attached hydrogens (tertiary/aromatic N) is 2. The largest absolute Gasteiger partial charge is 0.480 e. The number of alkyl halides is 6. The van der Waals surface area contributed by atoms with Gasteiger partial charge in [-0.05, 0) is 25.1 Å². The van der Waals surface area contributed by atoms with E-state index in [1.165, 1.54) is 24.7 Å². The molecule has 7 nitrogen and oxygen atoms in total. The fourth-order valence-electron chi connectivity index (χ4n) is 1.94. The zero-order valence-electron chi connectivity index (χ0n) is 17.8. The van der Waals surface area contributed by atoms with Gasteiger partial charge in [-0.25, -0.2) is 16.8 Å². The van der Waals surface area contributed by atoms with Gasteiger partial charge >= 0.3 is 11.0 Å². The Kier molecular flexibility index (Phi) is 12.1. The fraction of sp³-hybridized carbons (Fsp3) is 1.00. The van der Waals surface area contributed by atoms with Gasteiger partial charge in [0.1, 0.15) is 6.54 Å². The van der Waals surface area contributed by atoms with Crippen LogP contribution in [0.4, 0.5) is 26.3 Å². The molecule has 0 aliphatic rings. The van der Waals surface area contributed by atoms with E-state index >= 15 is 0 Å². The molecule has 0 aliphatic heterocycles. The van der Waals surface area contributed by atoms with Crippen LogP contribution in [0.2, 0.25) is 18.1 Å². The van der Waals surface area contributed by atoms with E-state index < -0.39 is 39.4 Å². The van der Waals surface area contributed by atoms with Gasteiger partial charge in [0.15, 0.2) is 28.4 Å². The zero-order chi connectivity index (χ0) is 24.7. The molecule has 0 spiro atoms. The van der Waals surface area contributed by atoms with E-state index in [-0.39, 0.29) is 0 Å². The molecule has 0 rings (SSSR count). The van der Waals surface area contributed by atoms with E-state index in [0.29, 0.717) is 0 Å². The van der Waals surface area contributed by atoms with Crippen LogP contribution in [-0.4, -0.2) is 74.4 Å². The molecule has 0 unspecified atom stereocenters. The third-order valence-electron chi connectivity index (χ3n) is 4.68. The monoisotopic (exact) mass is 512 g/mol. The van der Waals surface area contributed by atoms with Crippen LogP contribution in [-0.2, 0) is 24.5 Å². The van der Waals surface area contributed by atoms with Crippen LogP contribution in [0.25, 0.3) is 4.13 Å². The van der Waals surface area contributed by atoms with Crippen LogP contribution in [0, 0.1) is 0 Å². The second-order valence-corrected chi connectivity index (χ2v) is 15.2. The molecule has 0 heterocycles. The van der Waals surface area contributed by atoms with Crippen molar-refractivity contribution in [2.75, 3.05) is 33.8 Å². The predicted octanol–water partition coefficient (Wildman–Crippen LogP) is 4.16. The van der Waals surface area contributed by atoms with E-state index in [0.717, 1.165) is 21.8 Å². The number of rotatable bonds is 10. The Morgan fingerprint density at radius 2 is 1.13 bits per heavy atom. The molecule has 0 aromatic carbocycles. The topological polar surface area (TPSA) is 91.6 Å². The van der Waals surface area contributed by atoms with Crippen molar-refractivity contribution in [2.45, 2.75) is 56.8 Å². The average Bonchev–Trinajstić information content (AvgIpc) is 2.57. The molecule has 0 aromatic rings. The third-order valence-corrected chi connectivity index (χ3v) is 12.1. The number of hydrogen-bond donors (Lipinski definition) is 0. The van der Waals surface area contributed by atoms with Crippen LogP contribution in [0.15, 0.2) is 0 Å². The fourth-order valence-corrected chi connectivity index (χ4v) is 6.28. The van der Waals surface area contributed by atoms with Crippen molar-refractivity contribution in [3.63, 3.8) is 0 Å². The van der Waals surface area contributed by atoms with Gasteiger partial charge in [-0.2, -0.15) is 26.3 Å². The Morgan fingerprint density at radius 3 is 1.37 bits per heavy atom. The van der Waals surface area contributed by atoms with Crippen molar-refractivity contribution in [3.05, 3.63) is 4.13 Å². The Hall–Kier alpha value is -0.423. The summed E-state index contributed by atoms with van der Waals surface area (Å²) in [6.07, 6.45) is 0. The summed E-state index contributed by atoms with van der Waals surface area (Å²) in [6, 6.07) is 3.79. The van der Waals surface area contributed by atoms with E-state index in [1.807, 2.05) is 0 Å². The minimum absolute atomic E-state index is 0.778. The van der Waals surface area contributed by atoms with Gasteiger partial charge in [0, 0.05) is 0 Å². The highest BCUT2D eigenvalue weighted by atomic mass is 32.3. The molecule has 0 saturated carbocycles. The third kappa shape index (κ3) is 10.3. The SMILES string of the molecule is CC[N+](C)(C)CCO[Si](CC)(CC)CC.O=S(=O)([N-]S(=O)(=O)C(F)(F)F)C(F)(F)F. The normalized spacial score (nSPS) is 14.3. The zero-order valence-corrected chi connectivity index (χ0v) is 20.4. The lowest BCUT2D eigenvalue weighted by atomic mass is 10.4. The number of likely N-dealkylation sites (N-methyl/N-ethyl adjacent to an activating group) is 1. The molecule has 30 heavy (non-hydrogen) atoms. The summed E-state index contributed by atoms with van der Waals surface area (Å²) in [5.74, 6) is 0. The summed E-state index contributed by atoms with van der Waals surface area (Å²) in [5, 5.41) is 0. The first-order valence-corrected chi connectivity index (χ1v) is 14.4. The number of quaternary nitrogens is 1. The van der Waals surface area contributed by atoms with Gasteiger partial charge in [-0.1, -0.05) is 20.8 Å². The van der Waals surface area contributed by atoms with E-state index in [9.17, 15) is 43.2 Å². The molecule has 0 N–H and O–H groups in total. The highest BCUT2D eigenvalue weighted by molar-refractivity contribution is 8.13. The standard InChI is InChI=1S/C12H30NOSi.C2F6NO4S2/c1-7-13(5,6)11-12-14-15(8-2,9-3)10-4;3-1(4,5)14(10,11)9-15(12,13)2(6,7)8/h7-12H2,1-6H3;/q+1;-1. The first-order valence-electron chi connectivity index (χ1n) is 8.98. The maximum atomic E-state index is 11.4. The first kappa shape index (κ1) is 31.8. The van der Waals surface area contributed by atoms with Gasteiger partial charge in [0.25, 0.3) is 0 Å². The molecule has 0 amide bonds. The smallest absolute Gasteiger partial charge is 0.421 e. The maximum Gasteiger partial charge on any atom is 0.480 e. The average molecular weight is 513 g/mol. The van der Waals surface area contributed by atoms with Crippen molar-refractivity contribution < 1.29 is 52.1 Å². The molecule has 0 aromatic heterocycles. The van der Waals surface area contributed by atoms with E-state index in [1.54, 1.807) is 0 Å². The van der Waals surface area contributed by atoms with Gasteiger partial charge in [-0.15, -0.1) is 0 Å². The van der Waals surface area contributed by atoms with Crippen LogP contribution in [0.3, 0.4) is 0 Å².